The Kier molecular flexibility index (Phi) is 1.46. The number of hydrogen-bond acceptors (Lipinski definition) is 5. The van der Waals surface area contributed by atoms with Crippen LogP contribution in [0.2, 0.25) is 0 Å². The lowest BCUT2D eigenvalue weighted by Gasteiger charge is -1.97. The van der Waals surface area contributed by atoms with Crippen LogP contribution < -0.4 is 5.73 Å². The van der Waals surface area contributed by atoms with Gasteiger partial charge in [0.15, 0.2) is 11.5 Å². The molecule has 3 rings (SSSR count). The molecule has 0 saturated heterocycles. The molecular formula is C8H7N7. The molecule has 0 aromatic carbocycles. The number of nitrogens with zero attached hydrogens (tertiary/aromatic N) is 5. The zero-order valence-corrected chi connectivity index (χ0v) is 7.62. The van der Waals surface area contributed by atoms with Crippen molar-refractivity contribution in [2.75, 3.05) is 5.73 Å². The molecule has 0 aliphatic heterocycles. The second-order valence-corrected chi connectivity index (χ2v) is 2.99. The quantitative estimate of drug-likeness (QED) is 0.582. The Morgan fingerprint density at radius 3 is 3.00 bits per heavy atom. The number of anilines is 1. The van der Waals surface area contributed by atoms with Crippen LogP contribution in [0.5, 0.6) is 0 Å². The summed E-state index contributed by atoms with van der Waals surface area (Å²) >= 11 is 0. The van der Waals surface area contributed by atoms with Crippen LogP contribution >= 0.6 is 0 Å². The minimum absolute atomic E-state index is 0.422. The van der Waals surface area contributed by atoms with Gasteiger partial charge in [-0.1, -0.05) is 0 Å². The highest BCUT2D eigenvalue weighted by Crippen LogP contribution is 2.17. The molecule has 0 amide bonds. The maximum atomic E-state index is 5.69. The van der Waals surface area contributed by atoms with E-state index < -0.39 is 0 Å². The number of H-pyrrole nitrogens is 1. The highest BCUT2D eigenvalue weighted by molar-refractivity contribution is 5.85. The molecule has 3 heterocycles. The molecule has 74 valence electrons. The maximum absolute atomic E-state index is 5.69. The minimum atomic E-state index is 0.422. The summed E-state index contributed by atoms with van der Waals surface area (Å²) < 4.78 is 1.63. The molecule has 15 heavy (non-hydrogen) atoms. The second-order valence-electron chi connectivity index (χ2n) is 2.99. The normalized spacial score (nSPS) is 10.9. The van der Waals surface area contributed by atoms with Crippen molar-refractivity contribution in [1.29, 1.82) is 0 Å². The van der Waals surface area contributed by atoms with Gasteiger partial charge in [-0.15, -0.1) is 0 Å². The number of imidazole rings is 1. The third-order valence-electron chi connectivity index (χ3n) is 2.11. The van der Waals surface area contributed by atoms with Crippen LogP contribution in [0.1, 0.15) is 0 Å². The van der Waals surface area contributed by atoms with Gasteiger partial charge in [0.05, 0.1) is 24.1 Å². The standard InChI is InChI=1S/C8H7N7/c9-7-5-1-14-15(6-2-10-3-11-6)8(5)13-4-12-7/h1-4H,(H,10,11)(H2,9,12,13). The summed E-state index contributed by atoms with van der Waals surface area (Å²) in [7, 11) is 0. The van der Waals surface area contributed by atoms with Gasteiger partial charge in [0.1, 0.15) is 12.1 Å². The first-order valence-corrected chi connectivity index (χ1v) is 4.29. The molecule has 0 saturated carbocycles. The van der Waals surface area contributed by atoms with E-state index in [1.54, 1.807) is 23.4 Å². The van der Waals surface area contributed by atoms with Crippen LogP contribution in [0.15, 0.2) is 25.0 Å². The Balaban J connectivity index is 2.34. The van der Waals surface area contributed by atoms with E-state index in [1.165, 1.54) is 6.33 Å². The topological polar surface area (TPSA) is 98.3 Å². The molecule has 7 heteroatoms. The van der Waals surface area contributed by atoms with Crippen molar-refractivity contribution in [3.8, 4) is 5.82 Å². The molecule has 7 nitrogen and oxygen atoms in total. The molecule has 0 bridgehead atoms. The number of nitrogens with two attached hydrogens (primary N) is 1. The molecule has 0 radical (unpaired) electrons. The van der Waals surface area contributed by atoms with Gasteiger partial charge in [-0.05, 0) is 0 Å². The largest absolute Gasteiger partial charge is 0.383 e. The Bertz CT molecular complexity index is 595. The first-order valence-electron chi connectivity index (χ1n) is 4.29. The fourth-order valence-corrected chi connectivity index (χ4v) is 1.40. The predicted octanol–water partition coefficient (Wildman–Crippen LogP) is 0.121. The number of rotatable bonds is 1. The molecular weight excluding hydrogens is 194 g/mol. The zero-order valence-electron chi connectivity index (χ0n) is 7.62. The third kappa shape index (κ3) is 1.06. The average molecular weight is 201 g/mol. The van der Waals surface area contributed by atoms with Crippen molar-refractivity contribution in [3.63, 3.8) is 0 Å². The smallest absolute Gasteiger partial charge is 0.170 e. The van der Waals surface area contributed by atoms with Gasteiger partial charge < -0.3 is 10.7 Å². The van der Waals surface area contributed by atoms with Crippen molar-refractivity contribution in [3.05, 3.63) is 25.0 Å². The minimum Gasteiger partial charge on any atom is -0.383 e. The lowest BCUT2D eigenvalue weighted by atomic mass is 10.4. The SMILES string of the molecule is Nc1ncnc2c1cnn2-c1cnc[nH]1. The zero-order chi connectivity index (χ0) is 10.3. The molecule has 0 aliphatic carbocycles. The molecule has 0 aliphatic rings. The summed E-state index contributed by atoms with van der Waals surface area (Å²) in [6.07, 6.45) is 6.27. The molecule has 0 spiro atoms. The molecule has 3 N–H and O–H groups in total. The summed E-state index contributed by atoms with van der Waals surface area (Å²) in [6, 6.07) is 0. The number of nitrogen functional groups attached to an aromatic ring is 1. The van der Waals surface area contributed by atoms with Gasteiger partial charge >= 0.3 is 0 Å². The third-order valence-corrected chi connectivity index (χ3v) is 2.11. The fraction of sp³-hybridized carbons (Fsp3) is 0. The summed E-state index contributed by atoms with van der Waals surface area (Å²) in [5, 5.41) is 4.89. The first-order chi connectivity index (χ1) is 7.36. The van der Waals surface area contributed by atoms with Crippen LogP contribution in [0.25, 0.3) is 16.9 Å². The molecule has 0 unspecified atom stereocenters. The number of nitrogens with one attached hydrogen (secondary N) is 1. The maximum Gasteiger partial charge on any atom is 0.170 e. The Labute approximate surface area is 84.0 Å². The summed E-state index contributed by atoms with van der Waals surface area (Å²) in [5.74, 6) is 1.16. The van der Waals surface area contributed by atoms with Crippen molar-refractivity contribution >= 4 is 16.9 Å². The number of aromatic amines is 1. The van der Waals surface area contributed by atoms with E-state index in [-0.39, 0.29) is 0 Å². The Hall–Kier alpha value is -2.44. The van der Waals surface area contributed by atoms with Gasteiger partial charge in [-0.3, -0.25) is 0 Å². The second kappa shape index (κ2) is 2.77. The number of fused-ring (bicyclic) bond motifs is 1. The number of aromatic nitrogens is 6. The monoisotopic (exact) mass is 201 g/mol. The van der Waals surface area contributed by atoms with Crippen molar-refractivity contribution < 1.29 is 0 Å². The van der Waals surface area contributed by atoms with Crippen LogP contribution in [0.3, 0.4) is 0 Å². The van der Waals surface area contributed by atoms with Gasteiger partial charge in [-0.25, -0.2) is 15.0 Å². The van der Waals surface area contributed by atoms with Crippen molar-refractivity contribution in [2.45, 2.75) is 0 Å². The Morgan fingerprint density at radius 1 is 1.27 bits per heavy atom. The Morgan fingerprint density at radius 2 is 2.20 bits per heavy atom. The molecule has 0 fully saturated rings. The van der Waals surface area contributed by atoms with Gasteiger partial charge in [0, 0.05) is 0 Å². The van der Waals surface area contributed by atoms with Gasteiger partial charge in [0.2, 0.25) is 0 Å². The van der Waals surface area contributed by atoms with E-state index in [4.69, 9.17) is 5.73 Å². The van der Waals surface area contributed by atoms with E-state index in [0.717, 1.165) is 11.2 Å². The highest BCUT2D eigenvalue weighted by atomic mass is 15.3. The van der Waals surface area contributed by atoms with E-state index >= 15 is 0 Å². The average Bonchev–Trinajstić information content (AvgIpc) is 2.85. The lowest BCUT2D eigenvalue weighted by molar-refractivity contribution is 0.869. The molecule has 3 aromatic rings. The van der Waals surface area contributed by atoms with Crippen LogP contribution in [0.4, 0.5) is 5.82 Å². The summed E-state index contributed by atoms with van der Waals surface area (Å²) in [6.45, 7) is 0. The number of hydrogen-bond donors (Lipinski definition) is 2. The van der Waals surface area contributed by atoms with Crippen molar-refractivity contribution in [2.24, 2.45) is 0 Å². The van der Waals surface area contributed by atoms with Crippen LogP contribution in [-0.4, -0.2) is 29.7 Å². The molecule has 0 atom stereocenters. The fourth-order valence-electron chi connectivity index (χ4n) is 1.40. The van der Waals surface area contributed by atoms with Crippen LogP contribution in [0, 0.1) is 0 Å². The van der Waals surface area contributed by atoms with Gasteiger partial charge in [0.25, 0.3) is 0 Å². The highest BCUT2D eigenvalue weighted by Gasteiger charge is 2.09. The summed E-state index contributed by atoms with van der Waals surface area (Å²) in [5.41, 5.74) is 6.35. The van der Waals surface area contributed by atoms with Crippen LogP contribution in [-0.2, 0) is 0 Å². The van der Waals surface area contributed by atoms with E-state index in [0.29, 0.717) is 11.5 Å². The van der Waals surface area contributed by atoms with E-state index in [9.17, 15) is 0 Å². The molecule has 3 aromatic heterocycles. The van der Waals surface area contributed by atoms with Gasteiger partial charge in [-0.2, -0.15) is 9.78 Å². The van der Waals surface area contributed by atoms with E-state index in [1.807, 2.05) is 0 Å². The van der Waals surface area contributed by atoms with Crippen molar-refractivity contribution in [1.82, 2.24) is 29.7 Å². The summed E-state index contributed by atoms with van der Waals surface area (Å²) in [4.78, 5) is 14.9. The first kappa shape index (κ1) is 7.92. The van der Waals surface area contributed by atoms with E-state index in [2.05, 4.69) is 25.0 Å². The lowest BCUT2D eigenvalue weighted by Crippen LogP contribution is -1.99. The predicted molar refractivity (Wildman–Crippen MR) is 53.2 cm³/mol.